The third kappa shape index (κ3) is 4.61. The summed E-state index contributed by atoms with van der Waals surface area (Å²) in [7, 11) is 0. The quantitative estimate of drug-likeness (QED) is 0.845. The molecule has 0 bridgehead atoms. The largest absolute Gasteiger partial charge is 0.395 e. The van der Waals surface area contributed by atoms with Gasteiger partial charge in [0.25, 0.3) is 5.91 Å². The molecule has 0 spiro atoms. The van der Waals surface area contributed by atoms with Gasteiger partial charge in [0, 0.05) is 30.1 Å². The third-order valence-corrected chi connectivity index (χ3v) is 3.64. The second-order valence-corrected chi connectivity index (χ2v) is 5.85. The van der Waals surface area contributed by atoms with Crippen LogP contribution in [0.3, 0.4) is 0 Å². The second kappa shape index (κ2) is 7.28. The molecule has 1 saturated carbocycles. The molecular formula is C18H23NO2. The van der Waals surface area contributed by atoms with Gasteiger partial charge in [-0.15, -0.1) is 0 Å². The molecule has 1 aromatic carbocycles. The van der Waals surface area contributed by atoms with Crippen molar-refractivity contribution in [3.63, 3.8) is 0 Å². The Kier molecular flexibility index (Phi) is 5.41. The fraction of sp³-hybridized carbons (Fsp3) is 0.500. The van der Waals surface area contributed by atoms with Crippen molar-refractivity contribution in [2.45, 2.75) is 39.2 Å². The van der Waals surface area contributed by atoms with Crippen LogP contribution in [0.5, 0.6) is 0 Å². The Morgan fingerprint density at radius 3 is 2.52 bits per heavy atom. The van der Waals surface area contributed by atoms with Crippen molar-refractivity contribution in [2.24, 2.45) is 5.92 Å². The number of carbonyl (C=O) groups excluding carboxylic acids is 1. The lowest BCUT2D eigenvalue weighted by Crippen LogP contribution is -2.38. The fourth-order valence-corrected chi connectivity index (χ4v) is 2.19. The van der Waals surface area contributed by atoms with Gasteiger partial charge in [0.15, 0.2) is 0 Å². The number of benzene rings is 1. The normalized spacial score (nSPS) is 13.7. The molecule has 0 radical (unpaired) electrons. The summed E-state index contributed by atoms with van der Waals surface area (Å²) in [6.07, 6.45) is 2.97. The summed E-state index contributed by atoms with van der Waals surface area (Å²) in [5.74, 6) is 6.65. The minimum absolute atomic E-state index is 0.0775. The van der Waals surface area contributed by atoms with Gasteiger partial charge in [-0.25, -0.2) is 0 Å². The Morgan fingerprint density at radius 2 is 2.00 bits per heavy atom. The van der Waals surface area contributed by atoms with Crippen molar-refractivity contribution >= 4 is 5.91 Å². The highest BCUT2D eigenvalue weighted by Gasteiger charge is 2.28. The topological polar surface area (TPSA) is 40.5 Å². The molecule has 112 valence electrons. The van der Waals surface area contributed by atoms with Crippen LogP contribution in [0, 0.1) is 17.8 Å². The maximum atomic E-state index is 12.6. The molecule has 1 amide bonds. The van der Waals surface area contributed by atoms with E-state index in [0.717, 1.165) is 17.7 Å². The summed E-state index contributed by atoms with van der Waals surface area (Å²) < 4.78 is 0. The molecule has 0 aliphatic heterocycles. The van der Waals surface area contributed by atoms with Crippen LogP contribution in [0.2, 0.25) is 0 Å². The van der Waals surface area contributed by atoms with Gasteiger partial charge in [0.2, 0.25) is 0 Å². The zero-order chi connectivity index (χ0) is 15.2. The number of rotatable bonds is 5. The lowest BCUT2D eigenvalue weighted by atomic mass is 10.1. The molecule has 21 heavy (non-hydrogen) atoms. The Bertz CT molecular complexity index is 533. The summed E-state index contributed by atoms with van der Waals surface area (Å²) >= 11 is 0. The molecule has 0 unspecified atom stereocenters. The monoisotopic (exact) mass is 285 g/mol. The lowest BCUT2D eigenvalue weighted by Gasteiger charge is -2.27. The first kappa shape index (κ1) is 15.6. The van der Waals surface area contributed by atoms with E-state index in [9.17, 15) is 4.79 Å². The summed E-state index contributed by atoms with van der Waals surface area (Å²) in [5, 5.41) is 8.70. The summed E-state index contributed by atoms with van der Waals surface area (Å²) in [6, 6.07) is 7.64. The number of amides is 1. The fourth-order valence-electron chi connectivity index (χ4n) is 2.19. The van der Waals surface area contributed by atoms with E-state index in [-0.39, 0.29) is 18.6 Å². The van der Waals surface area contributed by atoms with Gasteiger partial charge in [0.1, 0.15) is 0 Å². The molecule has 0 saturated heterocycles. The highest BCUT2D eigenvalue weighted by atomic mass is 16.2. The van der Waals surface area contributed by atoms with Crippen LogP contribution < -0.4 is 0 Å². The van der Waals surface area contributed by atoms with E-state index >= 15 is 0 Å². The molecule has 1 aromatic rings. The zero-order valence-corrected chi connectivity index (χ0v) is 12.8. The van der Waals surface area contributed by atoms with E-state index in [1.807, 2.05) is 29.2 Å². The highest BCUT2D eigenvalue weighted by Crippen LogP contribution is 2.30. The maximum absolute atomic E-state index is 12.6. The van der Waals surface area contributed by atoms with Crippen LogP contribution in [0.1, 0.15) is 49.0 Å². The SMILES string of the molecule is CC(C)N(CC1CC1)C(=O)c1ccc(C#CCCO)cc1. The molecule has 0 aromatic heterocycles. The number of hydrogen-bond donors (Lipinski definition) is 1. The van der Waals surface area contributed by atoms with E-state index in [1.54, 1.807) is 0 Å². The first-order chi connectivity index (χ1) is 10.1. The van der Waals surface area contributed by atoms with Crippen LogP contribution in [0.15, 0.2) is 24.3 Å². The summed E-state index contributed by atoms with van der Waals surface area (Å²) in [5.41, 5.74) is 1.59. The smallest absolute Gasteiger partial charge is 0.254 e. The standard InChI is InChI=1S/C18H23NO2/c1-14(2)19(13-16-6-7-16)18(21)17-10-8-15(9-11-17)5-3-4-12-20/h8-11,14,16,20H,4,6-7,12-13H2,1-2H3. The van der Waals surface area contributed by atoms with Crippen molar-refractivity contribution in [1.82, 2.24) is 4.90 Å². The molecule has 1 aliphatic carbocycles. The number of nitrogens with zero attached hydrogens (tertiary/aromatic N) is 1. The Labute approximate surface area is 127 Å². The summed E-state index contributed by atoms with van der Waals surface area (Å²) in [4.78, 5) is 14.5. The average molecular weight is 285 g/mol. The highest BCUT2D eigenvalue weighted by molar-refractivity contribution is 5.94. The van der Waals surface area contributed by atoms with Gasteiger partial charge < -0.3 is 10.0 Å². The molecule has 1 aliphatic rings. The first-order valence-corrected chi connectivity index (χ1v) is 7.62. The molecule has 0 heterocycles. The van der Waals surface area contributed by atoms with Crippen molar-refractivity contribution in [3.05, 3.63) is 35.4 Å². The summed E-state index contributed by atoms with van der Waals surface area (Å²) in [6.45, 7) is 5.08. The van der Waals surface area contributed by atoms with Crippen LogP contribution >= 0.6 is 0 Å². The van der Waals surface area contributed by atoms with Gasteiger partial charge in [-0.3, -0.25) is 4.79 Å². The van der Waals surface area contributed by atoms with Gasteiger partial charge >= 0.3 is 0 Å². The molecule has 3 nitrogen and oxygen atoms in total. The van der Waals surface area contributed by atoms with Crippen molar-refractivity contribution in [2.75, 3.05) is 13.2 Å². The molecule has 2 rings (SSSR count). The number of carbonyl (C=O) groups is 1. The van der Waals surface area contributed by atoms with E-state index in [2.05, 4.69) is 25.7 Å². The minimum atomic E-state index is 0.0775. The Morgan fingerprint density at radius 1 is 1.33 bits per heavy atom. The van der Waals surface area contributed by atoms with E-state index < -0.39 is 0 Å². The number of hydrogen-bond acceptors (Lipinski definition) is 2. The minimum Gasteiger partial charge on any atom is -0.395 e. The molecule has 0 atom stereocenters. The second-order valence-electron chi connectivity index (χ2n) is 5.85. The van der Waals surface area contributed by atoms with Crippen LogP contribution in [0.4, 0.5) is 0 Å². The molecule has 1 N–H and O–H groups in total. The van der Waals surface area contributed by atoms with Gasteiger partial charge in [-0.05, 0) is 56.9 Å². The number of aliphatic hydroxyl groups excluding tert-OH is 1. The third-order valence-electron chi connectivity index (χ3n) is 3.64. The maximum Gasteiger partial charge on any atom is 0.254 e. The van der Waals surface area contributed by atoms with Crippen molar-refractivity contribution in [3.8, 4) is 11.8 Å². The van der Waals surface area contributed by atoms with E-state index in [4.69, 9.17) is 5.11 Å². The van der Waals surface area contributed by atoms with E-state index in [1.165, 1.54) is 12.8 Å². The molecule has 1 fully saturated rings. The van der Waals surface area contributed by atoms with Crippen molar-refractivity contribution < 1.29 is 9.90 Å². The van der Waals surface area contributed by atoms with Crippen LogP contribution in [-0.2, 0) is 0 Å². The van der Waals surface area contributed by atoms with Crippen LogP contribution in [-0.4, -0.2) is 35.1 Å². The lowest BCUT2D eigenvalue weighted by molar-refractivity contribution is 0.0696. The Hall–Kier alpha value is -1.79. The van der Waals surface area contributed by atoms with E-state index in [0.29, 0.717) is 12.3 Å². The first-order valence-electron chi connectivity index (χ1n) is 7.62. The van der Waals surface area contributed by atoms with Gasteiger partial charge in [-0.1, -0.05) is 11.8 Å². The molecule has 3 heteroatoms. The predicted molar refractivity (Wildman–Crippen MR) is 83.9 cm³/mol. The van der Waals surface area contributed by atoms with Gasteiger partial charge in [0.05, 0.1) is 6.61 Å². The predicted octanol–water partition coefficient (Wildman–Crippen LogP) is 2.68. The van der Waals surface area contributed by atoms with Gasteiger partial charge in [-0.2, -0.15) is 0 Å². The number of aliphatic hydroxyl groups is 1. The average Bonchev–Trinajstić information content (AvgIpc) is 3.29. The molecular weight excluding hydrogens is 262 g/mol. The van der Waals surface area contributed by atoms with Crippen LogP contribution in [0.25, 0.3) is 0 Å². The Balaban J connectivity index is 2.05. The zero-order valence-electron chi connectivity index (χ0n) is 12.8. The van der Waals surface area contributed by atoms with Crippen molar-refractivity contribution in [1.29, 1.82) is 0 Å².